The molecular weight excluding hydrogens is 204 g/mol. The molecular formula is C9H9BrO. The maximum absolute atomic E-state index is 5.32. The topological polar surface area (TPSA) is 9.23 Å². The summed E-state index contributed by atoms with van der Waals surface area (Å²) in [5.74, 6) is 1.55. The van der Waals surface area contributed by atoms with Gasteiger partial charge in [-0.2, -0.15) is 0 Å². The van der Waals surface area contributed by atoms with Crippen LogP contribution in [0.3, 0.4) is 0 Å². The average Bonchev–Trinajstić information content (AvgIpc) is 2.06. The van der Waals surface area contributed by atoms with Gasteiger partial charge in [0.1, 0.15) is 11.5 Å². The van der Waals surface area contributed by atoms with Crippen LogP contribution in [-0.4, -0.2) is 5.33 Å². The van der Waals surface area contributed by atoms with Crippen molar-refractivity contribution in [3.8, 4) is 5.75 Å². The molecule has 0 N–H and O–H groups in total. The summed E-state index contributed by atoms with van der Waals surface area (Å²) < 4.78 is 5.32. The van der Waals surface area contributed by atoms with E-state index in [0.29, 0.717) is 5.33 Å². The van der Waals surface area contributed by atoms with Gasteiger partial charge in [-0.05, 0) is 12.1 Å². The molecule has 0 unspecified atom stereocenters. The van der Waals surface area contributed by atoms with Gasteiger partial charge in [0, 0.05) is 0 Å². The number of allylic oxidation sites excluding steroid dienone is 1. The summed E-state index contributed by atoms with van der Waals surface area (Å²) in [6.07, 6.45) is 0. The standard InChI is InChI=1S/C9H9BrO/c1-8(7-10)11-9-5-3-2-4-6-9/h2-6H,1,7H2. The van der Waals surface area contributed by atoms with Crippen molar-refractivity contribution in [2.45, 2.75) is 0 Å². The van der Waals surface area contributed by atoms with Crippen molar-refractivity contribution < 1.29 is 4.74 Å². The van der Waals surface area contributed by atoms with Crippen molar-refractivity contribution >= 4 is 15.9 Å². The van der Waals surface area contributed by atoms with Crippen LogP contribution in [0.25, 0.3) is 0 Å². The summed E-state index contributed by atoms with van der Waals surface area (Å²) >= 11 is 3.25. The predicted molar refractivity (Wildman–Crippen MR) is 50.0 cm³/mol. The average molecular weight is 213 g/mol. The zero-order chi connectivity index (χ0) is 8.10. The van der Waals surface area contributed by atoms with Crippen molar-refractivity contribution in [3.63, 3.8) is 0 Å². The van der Waals surface area contributed by atoms with E-state index in [1.165, 1.54) is 0 Å². The molecule has 0 aliphatic carbocycles. The first kappa shape index (κ1) is 8.34. The van der Waals surface area contributed by atoms with Gasteiger partial charge in [-0.3, -0.25) is 0 Å². The number of halogens is 1. The van der Waals surface area contributed by atoms with Crippen LogP contribution < -0.4 is 4.74 Å². The fourth-order valence-electron chi connectivity index (χ4n) is 0.682. The summed E-state index contributed by atoms with van der Waals surface area (Å²) in [4.78, 5) is 0. The third-order valence-electron chi connectivity index (χ3n) is 1.15. The zero-order valence-corrected chi connectivity index (χ0v) is 7.67. The van der Waals surface area contributed by atoms with Crippen LogP contribution in [0.2, 0.25) is 0 Å². The highest BCUT2D eigenvalue weighted by Crippen LogP contribution is 2.12. The van der Waals surface area contributed by atoms with E-state index in [4.69, 9.17) is 4.74 Å². The van der Waals surface area contributed by atoms with Gasteiger partial charge in [-0.25, -0.2) is 0 Å². The van der Waals surface area contributed by atoms with E-state index in [0.717, 1.165) is 11.5 Å². The maximum Gasteiger partial charge on any atom is 0.126 e. The van der Waals surface area contributed by atoms with Crippen LogP contribution in [0.4, 0.5) is 0 Å². The molecule has 0 amide bonds. The van der Waals surface area contributed by atoms with Gasteiger partial charge in [-0.1, -0.05) is 40.7 Å². The second-order valence-electron chi connectivity index (χ2n) is 2.09. The number of benzene rings is 1. The molecule has 0 radical (unpaired) electrons. The molecule has 1 nitrogen and oxygen atoms in total. The van der Waals surface area contributed by atoms with E-state index in [2.05, 4.69) is 22.5 Å². The molecule has 11 heavy (non-hydrogen) atoms. The first-order valence-electron chi connectivity index (χ1n) is 3.29. The Labute approximate surface area is 74.8 Å². The zero-order valence-electron chi connectivity index (χ0n) is 6.09. The molecule has 0 aliphatic heterocycles. The molecule has 0 aromatic heterocycles. The molecule has 0 saturated heterocycles. The lowest BCUT2D eigenvalue weighted by Crippen LogP contribution is -1.93. The smallest absolute Gasteiger partial charge is 0.126 e. The van der Waals surface area contributed by atoms with Crippen molar-refractivity contribution in [2.24, 2.45) is 0 Å². The molecule has 1 aromatic rings. The summed E-state index contributed by atoms with van der Waals surface area (Å²) in [7, 11) is 0. The van der Waals surface area contributed by atoms with Gasteiger partial charge < -0.3 is 4.74 Å². The second kappa shape index (κ2) is 4.19. The highest BCUT2D eigenvalue weighted by Gasteiger charge is 1.93. The van der Waals surface area contributed by atoms with E-state index in [1.54, 1.807) is 0 Å². The van der Waals surface area contributed by atoms with E-state index in [-0.39, 0.29) is 0 Å². The minimum Gasteiger partial charge on any atom is -0.461 e. The van der Waals surface area contributed by atoms with Crippen LogP contribution in [0.15, 0.2) is 42.7 Å². The second-order valence-corrected chi connectivity index (χ2v) is 2.65. The highest BCUT2D eigenvalue weighted by atomic mass is 79.9. The van der Waals surface area contributed by atoms with Crippen molar-refractivity contribution in [3.05, 3.63) is 42.7 Å². The third-order valence-corrected chi connectivity index (χ3v) is 1.78. The quantitative estimate of drug-likeness (QED) is 0.554. The molecule has 1 rings (SSSR count). The van der Waals surface area contributed by atoms with Gasteiger partial charge >= 0.3 is 0 Å². The Bertz CT molecular complexity index is 231. The minimum atomic E-state index is 0.669. The molecule has 0 aliphatic rings. The Hall–Kier alpha value is -0.760. The monoisotopic (exact) mass is 212 g/mol. The van der Waals surface area contributed by atoms with Gasteiger partial charge in [-0.15, -0.1) is 0 Å². The Balaban J connectivity index is 2.58. The van der Waals surface area contributed by atoms with Crippen molar-refractivity contribution in [1.29, 1.82) is 0 Å². The number of ether oxygens (including phenoxy) is 1. The first-order chi connectivity index (χ1) is 5.33. The number of para-hydroxylation sites is 1. The minimum absolute atomic E-state index is 0.669. The van der Waals surface area contributed by atoms with Crippen LogP contribution in [-0.2, 0) is 0 Å². The van der Waals surface area contributed by atoms with Crippen LogP contribution in [0.1, 0.15) is 0 Å². The van der Waals surface area contributed by atoms with E-state index >= 15 is 0 Å². The van der Waals surface area contributed by atoms with Gasteiger partial charge in [0.05, 0.1) is 5.33 Å². The maximum atomic E-state index is 5.32. The van der Waals surface area contributed by atoms with Gasteiger partial charge in [0.25, 0.3) is 0 Å². The lowest BCUT2D eigenvalue weighted by atomic mass is 10.3. The third kappa shape index (κ3) is 2.76. The van der Waals surface area contributed by atoms with Crippen molar-refractivity contribution in [2.75, 3.05) is 5.33 Å². The van der Waals surface area contributed by atoms with E-state index in [1.807, 2.05) is 30.3 Å². The molecule has 0 atom stereocenters. The number of alkyl halides is 1. The Morgan fingerprint density at radius 3 is 2.55 bits per heavy atom. The van der Waals surface area contributed by atoms with Crippen molar-refractivity contribution in [1.82, 2.24) is 0 Å². The van der Waals surface area contributed by atoms with E-state index < -0.39 is 0 Å². The molecule has 0 bridgehead atoms. The van der Waals surface area contributed by atoms with E-state index in [9.17, 15) is 0 Å². The fraction of sp³-hybridized carbons (Fsp3) is 0.111. The lowest BCUT2D eigenvalue weighted by Gasteiger charge is -2.04. The highest BCUT2D eigenvalue weighted by molar-refractivity contribution is 9.09. The summed E-state index contributed by atoms with van der Waals surface area (Å²) in [6.45, 7) is 3.70. The summed E-state index contributed by atoms with van der Waals surface area (Å²) in [5, 5.41) is 0.669. The molecule has 2 heteroatoms. The van der Waals surface area contributed by atoms with Gasteiger partial charge in [0.2, 0.25) is 0 Å². The molecule has 0 spiro atoms. The summed E-state index contributed by atoms with van der Waals surface area (Å²) in [6, 6.07) is 9.60. The Morgan fingerprint density at radius 2 is 2.00 bits per heavy atom. The number of hydrogen-bond donors (Lipinski definition) is 0. The first-order valence-corrected chi connectivity index (χ1v) is 4.41. The van der Waals surface area contributed by atoms with Crippen LogP contribution in [0, 0.1) is 0 Å². The molecule has 1 aromatic carbocycles. The fourth-order valence-corrected chi connectivity index (χ4v) is 0.797. The number of rotatable bonds is 3. The SMILES string of the molecule is C=C(CBr)Oc1ccccc1. The molecule has 0 saturated carbocycles. The van der Waals surface area contributed by atoms with Crippen LogP contribution in [0.5, 0.6) is 5.75 Å². The largest absolute Gasteiger partial charge is 0.461 e. The number of hydrogen-bond acceptors (Lipinski definition) is 1. The normalized spacial score (nSPS) is 9.18. The Morgan fingerprint density at radius 1 is 1.36 bits per heavy atom. The van der Waals surface area contributed by atoms with Gasteiger partial charge in [0.15, 0.2) is 0 Å². The Kier molecular flexibility index (Phi) is 3.17. The molecule has 58 valence electrons. The lowest BCUT2D eigenvalue weighted by molar-refractivity contribution is 0.434. The summed E-state index contributed by atoms with van der Waals surface area (Å²) in [5.41, 5.74) is 0. The predicted octanol–water partition coefficient (Wildman–Crippen LogP) is 2.97. The molecule has 0 fully saturated rings. The molecule has 0 heterocycles. The van der Waals surface area contributed by atoms with Crippen LogP contribution >= 0.6 is 15.9 Å².